The molecule has 2 rings (SSSR count). The van der Waals surface area contributed by atoms with Crippen molar-refractivity contribution in [3.05, 3.63) is 28.8 Å². The van der Waals surface area contributed by atoms with Crippen LogP contribution < -0.4 is 10.6 Å². The second-order valence-electron chi connectivity index (χ2n) is 5.21. The Morgan fingerprint density at radius 2 is 2.00 bits per heavy atom. The van der Waals surface area contributed by atoms with Crippen LogP contribution in [0.5, 0.6) is 0 Å². The van der Waals surface area contributed by atoms with Crippen molar-refractivity contribution in [1.29, 1.82) is 0 Å². The van der Waals surface area contributed by atoms with Crippen molar-refractivity contribution in [1.82, 2.24) is 4.90 Å². The van der Waals surface area contributed by atoms with Crippen LogP contribution in [-0.2, 0) is 0 Å². The zero-order chi connectivity index (χ0) is 14.0. The summed E-state index contributed by atoms with van der Waals surface area (Å²) in [6, 6.07) is 6.44. The molecule has 0 bridgehead atoms. The first-order valence-corrected chi connectivity index (χ1v) is 7.28. The molecule has 0 aromatic heterocycles. The van der Waals surface area contributed by atoms with Gasteiger partial charge in [-0.1, -0.05) is 23.8 Å². The third-order valence-electron chi connectivity index (χ3n) is 3.76. The average molecular weight is 298 g/mol. The van der Waals surface area contributed by atoms with E-state index in [1.165, 1.54) is 0 Å². The maximum Gasteiger partial charge on any atom is 0.106 e. The van der Waals surface area contributed by atoms with Crippen LogP contribution >= 0.6 is 23.8 Å². The number of rotatable bonds is 3. The zero-order valence-electron chi connectivity index (χ0n) is 11.4. The lowest BCUT2D eigenvalue weighted by molar-refractivity contribution is 0.249. The summed E-state index contributed by atoms with van der Waals surface area (Å²) in [5.74, 6) is 0. The number of anilines is 1. The van der Waals surface area contributed by atoms with E-state index in [0.29, 0.717) is 16.1 Å². The van der Waals surface area contributed by atoms with E-state index in [1.807, 2.05) is 18.2 Å². The number of nitrogens with zero attached hydrogens (tertiary/aromatic N) is 2. The minimum Gasteiger partial charge on any atom is -0.389 e. The molecule has 0 saturated carbocycles. The smallest absolute Gasteiger partial charge is 0.106 e. The van der Waals surface area contributed by atoms with Crippen molar-refractivity contribution in [2.75, 3.05) is 32.1 Å². The first kappa shape index (κ1) is 14.6. The molecule has 1 aliphatic heterocycles. The van der Waals surface area contributed by atoms with Crippen molar-refractivity contribution >= 4 is 34.5 Å². The van der Waals surface area contributed by atoms with Crippen molar-refractivity contribution in [2.24, 2.45) is 5.73 Å². The Bertz CT molecular complexity index is 468. The molecule has 3 nitrogen and oxygen atoms in total. The summed E-state index contributed by atoms with van der Waals surface area (Å²) in [6.07, 6.45) is 2.32. The van der Waals surface area contributed by atoms with Crippen molar-refractivity contribution in [3.8, 4) is 0 Å². The number of benzene rings is 1. The molecule has 1 saturated heterocycles. The molecule has 1 heterocycles. The molecule has 104 valence electrons. The Morgan fingerprint density at radius 1 is 1.37 bits per heavy atom. The molecule has 0 unspecified atom stereocenters. The summed E-state index contributed by atoms with van der Waals surface area (Å²) in [6.45, 7) is 2.06. The predicted molar refractivity (Wildman–Crippen MR) is 86.3 cm³/mol. The number of halogens is 1. The second-order valence-corrected chi connectivity index (χ2v) is 6.08. The van der Waals surface area contributed by atoms with Gasteiger partial charge >= 0.3 is 0 Å². The molecule has 0 atom stereocenters. The third-order valence-corrected chi connectivity index (χ3v) is 4.21. The molecule has 0 spiro atoms. The van der Waals surface area contributed by atoms with Gasteiger partial charge in [-0.05, 0) is 45.1 Å². The van der Waals surface area contributed by atoms with E-state index in [2.05, 4.69) is 23.9 Å². The molecule has 1 aliphatic rings. The average Bonchev–Trinajstić information content (AvgIpc) is 2.38. The molecule has 0 amide bonds. The van der Waals surface area contributed by atoms with Crippen LogP contribution in [-0.4, -0.2) is 43.1 Å². The standard InChI is InChI=1S/C14H20ClN3S/c1-17(2)11-5-7-18(8-6-11)13-4-3-10(15)9-12(13)14(16)19/h3-4,9,11H,5-8H2,1-2H3,(H2,16,19). The fourth-order valence-electron chi connectivity index (χ4n) is 2.60. The summed E-state index contributed by atoms with van der Waals surface area (Å²) in [7, 11) is 4.28. The summed E-state index contributed by atoms with van der Waals surface area (Å²) in [5, 5.41) is 0.676. The third kappa shape index (κ3) is 3.38. The van der Waals surface area contributed by atoms with E-state index in [0.717, 1.165) is 37.2 Å². The van der Waals surface area contributed by atoms with E-state index in [-0.39, 0.29) is 0 Å². The van der Waals surface area contributed by atoms with Gasteiger partial charge in [0.1, 0.15) is 4.99 Å². The van der Waals surface area contributed by atoms with Gasteiger partial charge in [-0.25, -0.2) is 0 Å². The van der Waals surface area contributed by atoms with Gasteiger partial charge in [0.15, 0.2) is 0 Å². The normalized spacial score (nSPS) is 16.9. The van der Waals surface area contributed by atoms with Gasteiger partial charge < -0.3 is 15.5 Å². The van der Waals surface area contributed by atoms with Crippen LogP contribution in [0.15, 0.2) is 18.2 Å². The minimum atomic E-state index is 0.409. The highest BCUT2D eigenvalue weighted by Crippen LogP contribution is 2.27. The topological polar surface area (TPSA) is 32.5 Å². The largest absolute Gasteiger partial charge is 0.389 e. The van der Waals surface area contributed by atoms with Gasteiger partial charge in [-0.2, -0.15) is 0 Å². The Balaban J connectivity index is 2.17. The number of hydrogen-bond donors (Lipinski definition) is 1. The molecule has 1 aromatic carbocycles. The van der Waals surface area contributed by atoms with Crippen LogP contribution in [0, 0.1) is 0 Å². The van der Waals surface area contributed by atoms with Crippen molar-refractivity contribution < 1.29 is 0 Å². The van der Waals surface area contributed by atoms with E-state index in [1.54, 1.807) is 0 Å². The number of thiocarbonyl (C=S) groups is 1. The van der Waals surface area contributed by atoms with Crippen LogP contribution in [0.1, 0.15) is 18.4 Å². The monoisotopic (exact) mass is 297 g/mol. The van der Waals surface area contributed by atoms with E-state index >= 15 is 0 Å². The molecule has 2 N–H and O–H groups in total. The predicted octanol–water partition coefficient (Wildman–Crippen LogP) is 2.50. The van der Waals surface area contributed by atoms with Crippen LogP contribution in [0.4, 0.5) is 5.69 Å². The highest BCUT2D eigenvalue weighted by molar-refractivity contribution is 7.80. The SMILES string of the molecule is CN(C)C1CCN(c2ccc(Cl)cc2C(N)=S)CC1. The first-order chi connectivity index (χ1) is 8.99. The second kappa shape index (κ2) is 6.07. The molecule has 0 aliphatic carbocycles. The fourth-order valence-corrected chi connectivity index (χ4v) is 2.94. The molecule has 1 aromatic rings. The summed E-state index contributed by atoms with van der Waals surface area (Å²) in [4.78, 5) is 5.06. The van der Waals surface area contributed by atoms with Gasteiger partial charge in [0.25, 0.3) is 0 Å². The van der Waals surface area contributed by atoms with Crippen molar-refractivity contribution in [2.45, 2.75) is 18.9 Å². The van der Waals surface area contributed by atoms with Gasteiger partial charge in [0.05, 0.1) is 0 Å². The summed E-state index contributed by atoms with van der Waals surface area (Å²) < 4.78 is 0. The Hall–Kier alpha value is -0.840. The number of nitrogens with two attached hydrogens (primary N) is 1. The summed E-state index contributed by atoms with van der Waals surface area (Å²) in [5.41, 5.74) is 7.79. The Morgan fingerprint density at radius 3 is 2.53 bits per heavy atom. The van der Waals surface area contributed by atoms with Gasteiger partial charge in [-0.3, -0.25) is 0 Å². The lowest BCUT2D eigenvalue weighted by atomic mass is 10.0. The lowest BCUT2D eigenvalue weighted by Gasteiger charge is -2.37. The Labute approximate surface area is 125 Å². The zero-order valence-corrected chi connectivity index (χ0v) is 13.0. The highest BCUT2D eigenvalue weighted by Gasteiger charge is 2.22. The highest BCUT2D eigenvalue weighted by atomic mass is 35.5. The van der Waals surface area contributed by atoms with Gasteiger partial charge in [0, 0.05) is 35.4 Å². The fraction of sp³-hybridized carbons (Fsp3) is 0.500. The maximum atomic E-state index is 6.02. The molecule has 1 fully saturated rings. The molecular weight excluding hydrogens is 278 g/mol. The summed E-state index contributed by atoms with van der Waals surface area (Å²) >= 11 is 11.2. The van der Waals surface area contributed by atoms with Crippen LogP contribution in [0.2, 0.25) is 5.02 Å². The molecular formula is C14H20ClN3S. The van der Waals surface area contributed by atoms with E-state index in [9.17, 15) is 0 Å². The molecule has 0 radical (unpaired) electrons. The van der Waals surface area contributed by atoms with Gasteiger partial charge in [0.2, 0.25) is 0 Å². The number of piperidine rings is 1. The molecule has 19 heavy (non-hydrogen) atoms. The van der Waals surface area contributed by atoms with Crippen molar-refractivity contribution in [3.63, 3.8) is 0 Å². The lowest BCUT2D eigenvalue weighted by Crippen LogP contribution is -2.42. The van der Waals surface area contributed by atoms with Gasteiger partial charge in [-0.15, -0.1) is 0 Å². The van der Waals surface area contributed by atoms with E-state index < -0.39 is 0 Å². The van der Waals surface area contributed by atoms with Crippen LogP contribution in [0.3, 0.4) is 0 Å². The van der Waals surface area contributed by atoms with Crippen LogP contribution in [0.25, 0.3) is 0 Å². The maximum absolute atomic E-state index is 6.02. The quantitative estimate of drug-likeness (QED) is 0.869. The minimum absolute atomic E-state index is 0.409. The first-order valence-electron chi connectivity index (χ1n) is 6.50. The number of hydrogen-bond acceptors (Lipinski definition) is 3. The van der Waals surface area contributed by atoms with E-state index in [4.69, 9.17) is 29.6 Å². The molecule has 5 heteroatoms. The Kier molecular flexibility index (Phi) is 4.66.